The van der Waals surface area contributed by atoms with E-state index in [0.717, 1.165) is 29.8 Å². The zero-order valence-corrected chi connectivity index (χ0v) is 13.4. The highest BCUT2D eigenvalue weighted by atomic mass is 32.1. The first kappa shape index (κ1) is 15.0. The number of hydrogen-bond donors (Lipinski definition) is 3. The summed E-state index contributed by atoms with van der Waals surface area (Å²) in [7, 11) is 0. The van der Waals surface area contributed by atoms with Crippen molar-refractivity contribution in [2.75, 3.05) is 12.3 Å². The number of amides is 2. The molecule has 116 valence electrons. The highest BCUT2D eigenvalue weighted by Crippen LogP contribution is 2.27. The zero-order chi connectivity index (χ0) is 15.5. The minimum absolute atomic E-state index is 0.0110. The van der Waals surface area contributed by atoms with Crippen LogP contribution in [0.3, 0.4) is 0 Å². The van der Waals surface area contributed by atoms with Gasteiger partial charge in [-0.1, -0.05) is 0 Å². The average molecular weight is 336 g/mol. The van der Waals surface area contributed by atoms with Gasteiger partial charge in [-0.05, 0) is 24.3 Å². The number of anilines is 1. The van der Waals surface area contributed by atoms with Crippen LogP contribution in [0.5, 0.6) is 0 Å². The molecule has 0 radical (unpaired) electrons. The van der Waals surface area contributed by atoms with Gasteiger partial charge in [0, 0.05) is 28.3 Å². The van der Waals surface area contributed by atoms with Gasteiger partial charge in [0.25, 0.3) is 5.91 Å². The molecule has 22 heavy (non-hydrogen) atoms. The van der Waals surface area contributed by atoms with Crippen LogP contribution in [-0.2, 0) is 17.6 Å². The Kier molecular flexibility index (Phi) is 4.39. The molecule has 0 aromatic carbocycles. The number of carbonyl (C=O) groups is 2. The standard InChI is InChI=1S/C14H16N4O2S2/c15-14-18-10-2-1-9(5-11(10)22-14)17-12(19)6-16-13(20)8-3-4-21-7-8/h3-4,7,9H,1-2,5-6H2,(H2,15,18)(H,16,20)(H,17,19)/t9-/m0/s1. The maximum atomic E-state index is 11.9. The van der Waals surface area contributed by atoms with Gasteiger partial charge in [0.1, 0.15) is 0 Å². The zero-order valence-electron chi connectivity index (χ0n) is 11.8. The number of nitrogens with zero attached hydrogens (tertiary/aromatic N) is 1. The molecule has 2 aromatic heterocycles. The summed E-state index contributed by atoms with van der Waals surface area (Å²) in [5.74, 6) is -0.396. The first-order valence-electron chi connectivity index (χ1n) is 6.95. The van der Waals surface area contributed by atoms with Crippen LogP contribution in [0.4, 0.5) is 5.13 Å². The molecule has 0 saturated heterocycles. The van der Waals surface area contributed by atoms with Gasteiger partial charge in [0.15, 0.2) is 5.13 Å². The number of rotatable bonds is 4. The molecule has 1 aliphatic carbocycles. The summed E-state index contributed by atoms with van der Waals surface area (Å²) in [4.78, 5) is 29.1. The molecule has 8 heteroatoms. The van der Waals surface area contributed by atoms with Gasteiger partial charge in [-0.3, -0.25) is 9.59 Å². The Bertz CT molecular complexity index is 681. The maximum Gasteiger partial charge on any atom is 0.252 e. The van der Waals surface area contributed by atoms with Crippen molar-refractivity contribution in [1.29, 1.82) is 0 Å². The van der Waals surface area contributed by atoms with Crippen LogP contribution >= 0.6 is 22.7 Å². The molecule has 3 rings (SSSR count). The number of nitrogen functional groups attached to an aromatic ring is 1. The summed E-state index contributed by atoms with van der Waals surface area (Å²) in [6, 6.07) is 1.81. The highest BCUT2D eigenvalue weighted by molar-refractivity contribution is 7.15. The lowest BCUT2D eigenvalue weighted by Gasteiger charge is -2.22. The van der Waals surface area contributed by atoms with Crippen molar-refractivity contribution >= 4 is 39.6 Å². The van der Waals surface area contributed by atoms with E-state index in [-0.39, 0.29) is 24.4 Å². The van der Waals surface area contributed by atoms with Crippen molar-refractivity contribution in [3.8, 4) is 0 Å². The van der Waals surface area contributed by atoms with E-state index in [9.17, 15) is 9.59 Å². The Balaban J connectivity index is 1.47. The van der Waals surface area contributed by atoms with Crippen molar-refractivity contribution in [2.24, 2.45) is 0 Å². The Morgan fingerprint density at radius 3 is 3.09 bits per heavy atom. The second kappa shape index (κ2) is 6.45. The molecule has 0 saturated carbocycles. The van der Waals surface area contributed by atoms with Gasteiger partial charge in [0.05, 0.1) is 12.2 Å². The third-order valence-corrected chi connectivity index (χ3v) is 5.15. The van der Waals surface area contributed by atoms with Crippen molar-refractivity contribution in [3.63, 3.8) is 0 Å². The lowest BCUT2D eigenvalue weighted by molar-refractivity contribution is -0.120. The number of thiophene rings is 1. The van der Waals surface area contributed by atoms with Gasteiger partial charge >= 0.3 is 0 Å². The number of fused-ring (bicyclic) bond motifs is 1. The predicted molar refractivity (Wildman–Crippen MR) is 87.1 cm³/mol. The third kappa shape index (κ3) is 3.45. The molecule has 0 fully saturated rings. The van der Waals surface area contributed by atoms with E-state index in [4.69, 9.17) is 5.73 Å². The molecular formula is C14H16N4O2S2. The Morgan fingerprint density at radius 2 is 2.32 bits per heavy atom. The Labute approximate surface area is 135 Å². The van der Waals surface area contributed by atoms with Gasteiger partial charge in [0.2, 0.25) is 5.91 Å². The van der Waals surface area contributed by atoms with Crippen molar-refractivity contribution in [3.05, 3.63) is 33.0 Å². The molecule has 1 atom stereocenters. The molecule has 6 nitrogen and oxygen atoms in total. The molecule has 1 aliphatic rings. The fourth-order valence-corrected chi connectivity index (χ4v) is 4.05. The van der Waals surface area contributed by atoms with E-state index in [1.807, 2.05) is 5.38 Å². The highest BCUT2D eigenvalue weighted by Gasteiger charge is 2.23. The second-order valence-electron chi connectivity index (χ2n) is 5.12. The molecule has 0 bridgehead atoms. The van der Waals surface area contributed by atoms with Gasteiger partial charge in [-0.25, -0.2) is 4.98 Å². The average Bonchev–Trinajstić information content (AvgIpc) is 3.12. The number of carbonyl (C=O) groups excluding carboxylic acids is 2. The van der Waals surface area contributed by atoms with Gasteiger partial charge in [-0.2, -0.15) is 11.3 Å². The summed E-state index contributed by atoms with van der Waals surface area (Å²) >= 11 is 2.93. The summed E-state index contributed by atoms with van der Waals surface area (Å²) in [5, 5.41) is 9.75. The predicted octanol–water partition coefficient (Wildman–Crippen LogP) is 1.19. The normalized spacial score (nSPS) is 16.8. The van der Waals surface area contributed by atoms with Crippen LogP contribution in [0, 0.1) is 0 Å². The molecule has 2 amide bonds. The fraction of sp³-hybridized carbons (Fsp3) is 0.357. The largest absolute Gasteiger partial charge is 0.375 e. The number of aryl methyl sites for hydroxylation is 1. The van der Waals surface area contributed by atoms with E-state index in [1.165, 1.54) is 22.7 Å². The summed E-state index contributed by atoms with van der Waals surface area (Å²) < 4.78 is 0. The molecule has 0 aliphatic heterocycles. The quantitative estimate of drug-likeness (QED) is 0.781. The fourth-order valence-electron chi connectivity index (χ4n) is 2.45. The monoisotopic (exact) mass is 336 g/mol. The van der Waals surface area contributed by atoms with Crippen LogP contribution in [0.25, 0.3) is 0 Å². The van der Waals surface area contributed by atoms with Crippen LogP contribution in [0.1, 0.15) is 27.3 Å². The number of thiazole rings is 1. The molecule has 4 N–H and O–H groups in total. The Hall–Kier alpha value is -1.93. The molecular weight excluding hydrogens is 320 g/mol. The first-order valence-corrected chi connectivity index (χ1v) is 8.71. The lowest BCUT2D eigenvalue weighted by Crippen LogP contribution is -2.44. The van der Waals surface area contributed by atoms with E-state index in [1.54, 1.807) is 11.4 Å². The molecule has 2 aromatic rings. The summed E-state index contributed by atoms with van der Waals surface area (Å²) in [6.45, 7) is -0.0110. The van der Waals surface area contributed by atoms with E-state index >= 15 is 0 Å². The topological polar surface area (TPSA) is 97.1 Å². The van der Waals surface area contributed by atoms with Crippen molar-refractivity contribution in [1.82, 2.24) is 15.6 Å². The van der Waals surface area contributed by atoms with Crippen molar-refractivity contribution < 1.29 is 9.59 Å². The van der Waals surface area contributed by atoms with Crippen LogP contribution in [0.2, 0.25) is 0 Å². The van der Waals surface area contributed by atoms with E-state index < -0.39 is 0 Å². The van der Waals surface area contributed by atoms with E-state index in [2.05, 4.69) is 15.6 Å². The second-order valence-corrected chi connectivity index (χ2v) is 7.02. The number of hydrogen-bond acceptors (Lipinski definition) is 6. The van der Waals surface area contributed by atoms with Crippen LogP contribution in [0.15, 0.2) is 16.8 Å². The first-order chi connectivity index (χ1) is 10.6. The van der Waals surface area contributed by atoms with Gasteiger partial charge in [-0.15, -0.1) is 11.3 Å². The third-order valence-electron chi connectivity index (χ3n) is 3.51. The Morgan fingerprint density at radius 1 is 1.45 bits per heavy atom. The maximum absolute atomic E-state index is 11.9. The summed E-state index contributed by atoms with van der Waals surface area (Å²) in [6.07, 6.45) is 2.43. The minimum atomic E-state index is -0.224. The number of nitrogens with two attached hydrogens (primary N) is 1. The molecule has 0 unspecified atom stereocenters. The minimum Gasteiger partial charge on any atom is -0.375 e. The SMILES string of the molecule is Nc1nc2c(s1)C[C@@H](NC(=O)CNC(=O)c1ccsc1)CC2. The summed E-state index contributed by atoms with van der Waals surface area (Å²) in [5.41, 5.74) is 7.34. The lowest BCUT2D eigenvalue weighted by atomic mass is 9.98. The van der Waals surface area contributed by atoms with Crippen LogP contribution < -0.4 is 16.4 Å². The number of aromatic nitrogens is 1. The van der Waals surface area contributed by atoms with E-state index in [0.29, 0.717) is 10.7 Å². The van der Waals surface area contributed by atoms with Crippen LogP contribution in [-0.4, -0.2) is 29.4 Å². The van der Waals surface area contributed by atoms with Gasteiger partial charge < -0.3 is 16.4 Å². The molecule has 2 heterocycles. The smallest absolute Gasteiger partial charge is 0.252 e. The number of nitrogens with one attached hydrogen (secondary N) is 2. The van der Waals surface area contributed by atoms with Crippen molar-refractivity contribution in [2.45, 2.75) is 25.3 Å². The molecule has 0 spiro atoms.